The Morgan fingerprint density at radius 1 is 1.21 bits per heavy atom. The minimum atomic E-state index is -3.72. The third kappa shape index (κ3) is 3.39. The van der Waals surface area contributed by atoms with Crippen LogP contribution in [0.5, 0.6) is 0 Å². The molecule has 2 heterocycles. The van der Waals surface area contributed by atoms with Crippen LogP contribution in [-0.4, -0.2) is 18.0 Å². The van der Waals surface area contributed by atoms with Crippen molar-refractivity contribution in [1.29, 1.82) is 0 Å². The number of pyridine rings is 1. The van der Waals surface area contributed by atoms with E-state index in [0.29, 0.717) is 34.2 Å². The molecule has 0 radical (unpaired) electrons. The third-order valence-corrected chi connectivity index (χ3v) is 5.21. The van der Waals surface area contributed by atoms with Gasteiger partial charge in [0.1, 0.15) is 10.5 Å². The number of nitrogens with zero attached hydrogens (tertiary/aromatic N) is 2. The maximum atomic E-state index is 12.8. The predicted molar refractivity (Wildman–Crippen MR) is 96.8 cm³/mol. The highest BCUT2D eigenvalue weighted by atomic mass is 35.5. The summed E-state index contributed by atoms with van der Waals surface area (Å²) in [7, 11) is -3.72. The molecule has 0 atom stereocenters. The zero-order valence-electron chi connectivity index (χ0n) is 13.4. The number of anilines is 1. The second kappa shape index (κ2) is 6.45. The summed E-state index contributed by atoms with van der Waals surface area (Å²) in [5.41, 5.74) is 1.13. The molecule has 0 aliphatic heterocycles. The summed E-state index contributed by atoms with van der Waals surface area (Å²) in [5.74, 6) is 0.377. The average molecular weight is 364 g/mol. The van der Waals surface area contributed by atoms with Crippen molar-refractivity contribution in [3.05, 3.63) is 53.8 Å². The molecular weight excluding hydrogens is 346 g/mol. The molecule has 3 rings (SSSR count). The fourth-order valence-electron chi connectivity index (χ4n) is 2.57. The lowest BCUT2D eigenvalue weighted by atomic mass is 10.2. The normalized spacial score (nSPS) is 12.0. The molecular formula is C17H18ClN3O2S. The highest BCUT2D eigenvalue weighted by molar-refractivity contribution is 7.93. The summed E-state index contributed by atoms with van der Waals surface area (Å²) >= 11 is 5.84. The summed E-state index contributed by atoms with van der Waals surface area (Å²) in [5, 5.41) is 1.16. The molecule has 3 aromatic rings. The van der Waals surface area contributed by atoms with Crippen molar-refractivity contribution in [2.45, 2.75) is 25.3 Å². The first-order chi connectivity index (χ1) is 11.4. The quantitative estimate of drug-likeness (QED) is 0.740. The summed E-state index contributed by atoms with van der Waals surface area (Å²) in [6, 6.07) is 10.1. The smallest absolute Gasteiger partial charge is 0.264 e. The number of aromatic nitrogens is 2. The third-order valence-electron chi connectivity index (χ3n) is 3.55. The molecule has 0 saturated heterocycles. The highest BCUT2D eigenvalue weighted by Crippen LogP contribution is 2.27. The molecule has 7 heteroatoms. The van der Waals surface area contributed by atoms with Crippen LogP contribution in [0.25, 0.3) is 11.0 Å². The van der Waals surface area contributed by atoms with E-state index < -0.39 is 10.0 Å². The van der Waals surface area contributed by atoms with Gasteiger partial charge in [-0.25, -0.2) is 13.4 Å². The molecule has 24 heavy (non-hydrogen) atoms. The van der Waals surface area contributed by atoms with Gasteiger partial charge in [-0.05, 0) is 42.3 Å². The number of benzene rings is 1. The zero-order chi connectivity index (χ0) is 17.3. The molecule has 126 valence electrons. The lowest BCUT2D eigenvalue weighted by Gasteiger charge is -2.07. The molecule has 1 aromatic carbocycles. The van der Waals surface area contributed by atoms with Crippen molar-refractivity contribution in [1.82, 2.24) is 9.55 Å². The van der Waals surface area contributed by atoms with Crippen molar-refractivity contribution < 1.29 is 8.42 Å². The molecule has 0 saturated carbocycles. The van der Waals surface area contributed by atoms with E-state index in [1.54, 1.807) is 48.8 Å². The molecule has 0 bridgehead atoms. The van der Waals surface area contributed by atoms with Gasteiger partial charge in [-0.1, -0.05) is 25.4 Å². The molecule has 0 amide bonds. The summed E-state index contributed by atoms with van der Waals surface area (Å²) < 4.78 is 30.1. The Kier molecular flexibility index (Phi) is 4.51. The second-order valence-corrected chi connectivity index (χ2v) is 8.11. The minimum Gasteiger partial charge on any atom is -0.331 e. The van der Waals surface area contributed by atoms with Crippen LogP contribution in [0.2, 0.25) is 5.02 Å². The monoisotopic (exact) mass is 363 g/mol. The molecule has 5 nitrogen and oxygen atoms in total. The Bertz CT molecular complexity index is 963. The van der Waals surface area contributed by atoms with E-state index in [-0.39, 0.29) is 4.90 Å². The predicted octanol–water partition coefficient (Wildman–Crippen LogP) is 4.15. The van der Waals surface area contributed by atoms with E-state index in [1.807, 2.05) is 4.57 Å². The Balaban J connectivity index is 2.05. The lowest BCUT2D eigenvalue weighted by molar-refractivity contribution is 0.530. The van der Waals surface area contributed by atoms with Gasteiger partial charge in [-0.15, -0.1) is 0 Å². The first-order valence-corrected chi connectivity index (χ1v) is 9.45. The second-order valence-electron chi connectivity index (χ2n) is 6.03. The van der Waals surface area contributed by atoms with E-state index in [9.17, 15) is 8.42 Å². The van der Waals surface area contributed by atoms with E-state index in [0.717, 1.165) is 0 Å². The topological polar surface area (TPSA) is 64.0 Å². The van der Waals surface area contributed by atoms with Crippen LogP contribution in [-0.2, 0) is 16.6 Å². The fourth-order valence-corrected chi connectivity index (χ4v) is 3.96. The van der Waals surface area contributed by atoms with Crippen molar-refractivity contribution in [3.8, 4) is 0 Å². The van der Waals surface area contributed by atoms with E-state index in [1.165, 1.54) is 0 Å². The zero-order valence-corrected chi connectivity index (χ0v) is 15.0. The van der Waals surface area contributed by atoms with Gasteiger partial charge >= 0.3 is 0 Å². The van der Waals surface area contributed by atoms with Crippen LogP contribution in [0.1, 0.15) is 13.8 Å². The van der Waals surface area contributed by atoms with Crippen molar-refractivity contribution in [3.63, 3.8) is 0 Å². The van der Waals surface area contributed by atoms with Gasteiger partial charge in [-0.2, -0.15) is 0 Å². The maximum Gasteiger partial charge on any atom is 0.264 e. The fraction of sp³-hybridized carbons (Fsp3) is 0.235. The Morgan fingerprint density at radius 3 is 2.58 bits per heavy atom. The Hall–Kier alpha value is -2.05. The maximum absolute atomic E-state index is 12.8. The van der Waals surface area contributed by atoms with E-state index in [4.69, 9.17) is 11.6 Å². The number of hydrogen-bond acceptors (Lipinski definition) is 3. The number of sulfonamides is 1. The van der Waals surface area contributed by atoms with Gasteiger partial charge < -0.3 is 4.57 Å². The molecule has 0 aliphatic rings. The summed E-state index contributed by atoms with van der Waals surface area (Å²) in [4.78, 5) is 4.56. The number of halogens is 1. The Labute approximate surface area is 146 Å². The van der Waals surface area contributed by atoms with Crippen molar-refractivity contribution in [2.75, 3.05) is 4.72 Å². The van der Waals surface area contributed by atoms with Crippen LogP contribution in [0.3, 0.4) is 0 Å². The standard InChI is InChI=1S/C17H18ClN3O2S/c1-12(2)10-21-11-16(15-4-3-9-19-17(15)21)24(22,23)20-14-7-5-13(18)6-8-14/h3-9,11-12,20H,10H2,1-2H3. The first kappa shape index (κ1) is 16.8. The van der Waals surface area contributed by atoms with Gasteiger partial charge in [0.2, 0.25) is 0 Å². The van der Waals surface area contributed by atoms with Gasteiger partial charge in [0.25, 0.3) is 10.0 Å². The molecule has 2 aromatic heterocycles. The molecule has 0 unspecified atom stereocenters. The first-order valence-electron chi connectivity index (χ1n) is 7.59. The van der Waals surface area contributed by atoms with E-state index >= 15 is 0 Å². The molecule has 0 aliphatic carbocycles. The highest BCUT2D eigenvalue weighted by Gasteiger charge is 2.22. The summed E-state index contributed by atoms with van der Waals surface area (Å²) in [6.07, 6.45) is 3.32. The van der Waals surface area contributed by atoms with Gasteiger partial charge in [0.05, 0.1) is 0 Å². The van der Waals surface area contributed by atoms with E-state index in [2.05, 4.69) is 23.6 Å². The molecule has 0 fully saturated rings. The Morgan fingerprint density at radius 2 is 1.92 bits per heavy atom. The number of nitrogens with one attached hydrogen (secondary N) is 1. The van der Waals surface area contributed by atoms with Crippen molar-refractivity contribution in [2.24, 2.45) is 5.92 Å². The number of fused-ring (bicyclic) bond motifs is 1. The van der Waals surface area contributed by atoms with Gasteiger partial charge in [-0.3, -0.25) is 4.72 Å². The minimum absolute atomic E-state index is 0.223. The van der Waals surface area contributed by atoms with Gasteiger partial charge in [0, 0.05) is 35.0 Å². The average Bonchev–Trinajstić information content (AvgIpc) is 2.89. The van der Waals surface area contributed by atoms with Crippen LogP contribution in [0.15, 0.2) is 53.7 Å². The number of rotatable bonds is 5. The number of hydrogen-bond donors (Lipinski definition) is 1. The van der Waals surface area contributed by atoms with Crippen molar-refractivity contribution >= 4 is 38.3 Å². The lowest BCUT2D eigenvalue weighted by Crippen LogP contribution is -2.12. The van der Waals surface area contributed by atoms with Crippen LogP contribution in [0, 0.1) is 5.92 Å². The molecule has 1 N–H and O–H groups in total. The van der Waals surface area contributed by atoms with Crippen LogP contribution < -0.4 is 4.72 Å². The molecule has 0 spiro atoms. The largest absolute Gasteiger partial charge is 0.331 e. The summed E-state index contributed by atoms with van der Waals surface area (Å²) in [6.45, 7) is 4.85. The SMILES string of the molecule is CC(C)Cn1cc(S(=O)(=O)Nc2ccc(Cl)cc2)c2cccnc21. The van der Waals surface area contributed by atoms with Crippen LogP contribution in [0.4, 0.5) is 5.69 Å². The van der Waals surface area contributed by atoms with Gasteiger partial charge in [0.15, 0.2) is 0 Å². The van der Waals surface area contributed by atoms with Crippen LogP contribution >= 0.6 is 11.6 Å².